The van der Waals surface area contributed by atoms with Gasteiger partial charge in [-0.05, 0) is 50.1 Å². The number of benzene rings is 2. The van der Waals surface area contributed by atoms with Crippen LogP contribution in [0.2, 0.25) is 0 Å². The van der Waals surface area contributed by atoms with Crippen molar-refractivity contribution in [3.05, 3.63) is 65.0 Å². The van der Waals surface area contributed by atoms with E-state index in [2.05, 4.69) is 15.6 Å². The normalized spacial score (nSPS) is 17.6. The van der Waals surface area contributed by atoms with Crippen LogP contribution in [-0.4, -0.2) is 40.9 Å². The zero-order valence-corrected chi connectivity index (χ0v) is 20.1. The molecular formula is C25H26N4O4S. The van der Waals surface area contributed by atoms with E-state index in [0.29, 0.717) is 23.7 Å². The fourth-order valence-corrected chi connectivity index (χ4v) is 4.88. The molecule has 176 valence electrons. The first-order chi connectivity index (χ1) is 16.4. The van der Waals surface area contributed by atoms with Crippen LogP contribution in [-0.2, 0) is 15.1 Å². The number of nitrogens with one attached hydrogen (secondary N) is 2. The number of anilines is 1. The smallest absolute Gasteiger partial charge is 0.325 e. The van der Waals surface area contributed by atoms with Crippen molar-refractivity contribution in [1.82, 2.24) is 15.2 Å². The fourth-order valence-electron chi connectivity index (χ4n) is 4.03. The summed E-state index contributed by atoms with van der Waals surface area (Å²) in [6.45, 7) is 5.88. The lowest BCUT2D eigenvalue weighted by molar-refractivity contribution is -0.134. The van der Waals surface area contributed by atoms with E-state index in [1.807, 2.05) is 63.2 Å². The standard InChI is InChI=1S/C25H26N4O4S/c1-4-25(18-9-7-6-8-10-18)22(31)29(24(32)28-25)15-20(30)26-23-27-21(16(3)34-23)17-11-13-19(14-12-17)33-5-2/h6-14H,4-5,15H2,1-3H3,(H,28,32)(H,26,27,30)/t25-/m1/s1. The molecule has 1 atom stereocenters. The Labute approximate surface area is 202 Å². The number of aromatic nitrogens is 1. The maximum Gasteiger partial charge on any atom is 0.325 e. The third-order valence-electron chi connectivity index (χ3n) is 5.76. The average molecular weight is 479 g/mol. The number of aryl methyl sites for hydroxylation is 1. The van der Waals surface area contributed by atoms with Gasteiger partial charge in [0.15, 0.2) is 5.13 Å². The Balaban J connectivity index is 1.46. The Hall–Kier alpha value is -3.72. The van der Waals surface area contributed by atoms with Crippen LogP contribution in [0.3, 0.4) is 0 Å². The van der Waals surface area contributed by atoms with E-state index in [1.54, 1.807) is 12.1 Å². The Morgan fingerprint density at radius 3 is 2.47 bits per heavy atom. The molecule has 0 unspecified atom stereocenters. The van der Waals surface area contributed by atoms with Crippen molar-refractivity contribution >= 4 is 34.3 Å². The van der Waals surface area contributed by atoms with Crippen LogP contribution in [0.5, 0.6) is 5.75 Å². The van der Waals surface area contributed by atoms with Crippen molar-refractivity contribution in [2.45, 2.75) is 32.7 Å². The van der Waals surface area contributed by atoms with Crippen molar-refractivity contribution in [3.8, 4) is 17.0 Å². The third-order valence-corrected chi connectivity index (χ3v) is 6.64. The number of carbonyl (C=O) groups excluding carboxylic acids is 3. The van der Waals surface area contributed by atoms with Gasteiger partial charge < -0.3 is 15.4 Å². The first-order valence-corrected chi connectivity index (χ1v) is 11.9. The first kappa shape index (κ1) is 23.4. The molecule has 0 radical (unpaired) electrons. The second-order valence-corrected chi connectivity index (χ2v) is 9.08. The highest BCUT2D eigenvalue weighted by Gasteiger charge is 2.51. The van der Waals surface area contributed by atoms with Gasteiger partial charge in [0.2, 0.25) is 5.91 Å². The molecule has 1 aliphatic heterocycles. The summed E-state index contributed by atoms with van der Waals surface area (Å²) in [6.07, 6.45) is 0.372. The molecule has 0 saturated carbocycles. The van der Waals surface area contributed by atoms with Gasteiger partial charge in [-0.2, -0.15) is 0 Å². The summed E-state index contributed by atoms with van der Waals surface area (Å²) < 4.78 is 5.48. The van der Waals surface area contributed by atoms with Gasteiger partial charge in [-0.25, -0.2) is 9.78 Å². The number of hydrogen-bond donors (Lipinski definition) is 2. The second-order valence-electron chi connectivity index (χ2n) is 7.88. The maximum atomic E-state index is 13.2. The molecule has 4 rings (SSSR count). The number of carbonyl (C=O) groups is 3. The molecule has 2 N–H and O–H groups in total. The van der Waals surface area contributed by atoms with Crippen LogP contribution in [0.25, 0.3) is 11.3 Å². The first-order valence-electron chi connectivity index (χ1n) is 11.1. The average Bonchev–Trinajstić information content (AvgIpc) is 3.32. The number of hydrogen-bond acceptors (Lipinski definition) is 6. The Kier molecular flexibility index (Phi) is 6.65. The van der Waals surface area contributed by atoms with E-state index >= 15 is 0 Å². The van der Waals surface area contributed by atoms with Crippen LogP contribution >= 0.6 is 11.3 Å². The minimum absolute atomic E-state index is 0.372. The zero-order chi connectivity index (χ0) is 24.3. The highest BCUT2D eigenvalue weighted by molar-refractivity contribution is 7.16. The molecule has 1 aromatic heterocycles. The number of imide groups is 1. The summed E-state index contributed by atoms with van der Waals surface area (Å²) >= 11 is 1.33. The number of amides is 4. The zero-order valence-electron chi connectivity index (χ0n) is 19.3. The third kappa shape index (κ3) is 4.38. The van der Waals surface area contributed by atoms with Gasteiger partial charge in [-0.15, -0.1) is 11.3 Å². The van der Waals surface area contributed by atoms with Crippen molar-refractivity contribution < 1.29 is 19.1 Å². The minimum atomic E-state index is -1.17. The molecule has 1 fully saturated rings. The Morgan fingerprint density at radius 1 is 1.12 bits per heavy atom. The number of thiazole rings is 1. The number of urea groups is 1. The molecule has 1 aliphatic rings. The molecule has 2 heterocycles. The summed E-state index contributed by atoms with van der Waals surface area (Å²) in [5, 5.41) is 5.92. The van der Waals surface area contributed by atoms with Crippen molar-refractivity contribution in [2.24, 2.45) is 0 Å². The lowest BCUT2D eigenvalue weighted by Gasteiger charge is -2.25. The molecule has 34 heavy (non-hydrogen) atoms. The summed E-state index contributed by atoms with van der Waals surface area (Å²) in [5.74, 6) is -0.151. The molecule has 2 aromatic carbocycles. The van der Waals surface area contributed by atoms with Gasteiger partial charge in [0, 0.05) is 10.4 Å². The summed E-state index contributed by atoms with van der Waals surface area (Å²) in [6, 6.07) is 16.1. The molecule has 0 aliphatic carbocycles. The van der Waals surface area contributed by atoms with Gasteiger partial charge >= 0.3 is 6.03 Å². The van der Waals surface area contributed by atoms with Crippen LogP contribution < -0.4 is 15.4 Å². The monoisotopic (exact) mass is 478 g/mol. The summed E-state index contributed by atoms with van der Waals surface area (Å²) in [4.78, 5) is 45.0. The van der Waals surface area contributed by atoms with Crippen LogP contribution in [0.4, 0.5) is 9.93 Å². The van der Waals surface area contributed by atoms with Crippen molar-refractivity contribution in [2.75, 3.05) is 18.5 Å². The van der Waals surface area contributed by atoms with E-state index in [0.717, 1.165) is 26.8 Å². The summed E-state index contributed by atoms with van der Waals surface area (Å²) in [5.41, 5.74) is 1.18. The number of ether oxygens (including phenoxy) is 1. The Morgan fingerprint density at radius 2 is 1.82 bits per heavy atom. The molecule has 3 aromatic rings. The summed E-state index contributed by atoms with van der Waals surface area (Å²) in [7, 11) is 0. The molecule has 1 saturated heterocycles. The molecular weight excluding hydrogens is 452 g/mol. The van der Waals surface area contributed by atoms with E-state index in [9.17, 15) is 14.4 Å². The molecule has 4 amide bonds. The number of rotatable bonds is 8. The van der Waals surface area contributed by atoms with Gasteiger partial charge in [-0.3, -0.25) is 14.5 Å². The second kappa shape index (κ2) is 9.64. The van der Waals surface area contributed by atoms with Crippen LogP contribution in [0, 0.1) is 6.92 Å². The van der Waals surface area contributed by atoms with Gasteiger partial charge in [0.05, 0.1) is 12.3 Å². The number of nitrogens with zero attached hydrogens (tertiary/aromatic N) is 2. The van der Waals surface area contributed by atoms with Gasteiger partial charge in [0.1, 0.15) is 17.8 Å². The molecule has 0 bridgehead atoms. The quantitative estimate of drug-likeness (QED) is 0.470. The topological polar surface area (TPSA) is 101 Å². The molecule has 0 spiro atoms. The predicted molar refractivity (Wildman–Crippen MR) is 131 cm³/mol. The van der Waals surface area contributed by atoms with E-state index in [1.165, 1.54) is 11.3 Å². The highest BCUT2D eigenvalue weighted by atomic mass is 32.1. The molecule has 8 nitrogen and oxygen atoms in total. The lowest BCUT2D eigenvalue weighted by Crippen LogP contribution is -2.44. The SMILES string of the molecule is CCOc1ccc(-c2nc(NC(=O)CN3C(=O)N[C@](CC)(c4ccccc4)C3=O)sc2C)cc1. The van der Waals surface area contributed by atoms with Crippen molar-refractivity contribution in [1.29, 1.82) is 0 Å². The predicted octanol–water partition coefficient (Wildman–Crippen LogP) is 4.31. The largest absolute Gasteiger partial charge is 0.494 e. The van der Waals surface area contributed by atoms with Gasteiger partial charge in [-0.1, -0.05) is 37.3 Å². The lowest BCUT2D eigenvalue weighted by atomic mass is 9.87. The van der Waals surface area contributed by atoms with Crippen LogP contribution in [0.1, 0.15) is 30.7 Å². The maximum absolute atomic E-state index is 13.2. The van der Waals surface area contributed by atoms with Gasteiger partial charge in [0.25, 0.3) is 5.91 Å². The van der Waals surface area contributed by atoms with Crippen LogP contribution in [0.15, 0.2) is 54.6 Å². The van der Waals surface area contributed by atoms with E-state index < -0.39 is 29.9 Å². The molecule has 9 heteroatoms. The van der Waals surface area contributed by atoms with E-state index in [4.69, 9.17) is 4.74 Å². The van der Waals surface area contributed by atoms with Crippen molar-refractivity contribution in [3.63, 3.8) is 0 Å². The fraction of sp³-hybridized carbons (Fsp3) is 0.280. The van der Waals surface area contributed by atoms with E-state index in [-0.39, 0.29) is 0 Å². The Bertz CT molecular complexity index is 1210. The minimum Gasteiger partial charge on any atom is -0.494 e. The highest BCUT2D eigenvalue weighted by Crippen LogP contribution is 2.33.